The lowest BCUT2D eigenvalue weighted by molar-refractivity contribution is 0.136. The minimum absolute atomic E-state index is 0.0273. The molecule has 4 rings (SSSR count). The highest BCUT2D eigenvalue weighted by atomic mass is 16.1. The van der Waals surface area contributed by atoms with Gasteiger partial charge < -0.3 is 4.98 Å². The zero-order chi connectivity index (χ0) is 17.6. The number of hydrogen-bond donors (Lipinski definition) is 1. The topological polar surface area (TPSA) is 71.2 Å². The van der Waals surface area contributed by atoms with E-state index in [2.05, 4.69) is 33.8 Å². The third-order valence-corrected chi connectivity index (χ3v) is 5.41. The molecule has 7 heteroatoms. The summed E-state index contributed by atoms with van der Waals surface area (Å²) in [6, 6.07) is 1.93. The first-order valence-electron chi connectivity index (χ1n) is 8.84. The number of imidazole rings is 1. The maximum absolute atomic E-state index is 12.4. The molecule has 0 saturated carbocycles. The fraction of sp³-hybridized carbons (Fsp3) is 0.500. The Morgan fingerprint density at radius 2 is 2.16 bits per heavy atom. The van der Waals surface area contributed by atoms with Gasteiger partial charge in [0.2, 0.25) is 5.78 Å². The van der Waals surface area contributed by atoms with Crippen LogP contribution < -0.4 is 5.56 Å². The minimum atomic E-state index is -0.0273. The largest absolute Gasteiger partial charge is 0.327 e. The van der Waals surface area contributed by atoms with E-state index in [1.54, 1.807) is 22.9 Å². The summed E-state index contributed by atoms with van der Waals surface area (Å²) in [4.78, 5) is 22.4. The van der Waals surface area contributed by atoms with Gasteiger partial charge in [-0.25, -0.2) is 4.98 Å². The number of aromatic nitrogens is 5. The predicted molar refractivity (Wildman–Crippen MR) is 95.5 cm³/mol. The molecular weight excluding hydrogens is 316 g/mol. The van der Waals surface area contributed by atoms with E-state index in [0.717, 1.165) is 30.9 Å². The molecule has 25 heavy (non-hydrogen) atoms. The Morgan fingerprint density at radius 3 is 2.92 bits per heavy atom. The number of aryl methyl sites for hydroxylation is 2. The molecule has 0 bridgehead atoms. The van der Waals surface area contributed by atoms with Crippen LogP contribution in [0.25, 0.3) is 5.78 Å². The Morgan fingerprint density at radius 1 is 1.32 bits per heavy atom. The average Bonchev–Trinajstić information content (AvgIpc) is 3.16. The van der Waals surface area contributed by atoms with Crippen LogP contribution in [0.1, 0.15) is 47.9 Å². The van der Waals surface area contributed by atoms with Gasteiger partial charge in [0.25, 0.3) is 5.56 Å². The number of hydrogen-bond acceptors (Lipinski definition) is 4. The van der Waals surface area contributed by atoms with E-state index in [9.17, 15) is 4.79 Å². The van der Waals surface area contributed by atoms with Crippen molar-refractivity contribution in [2.45, 2.75) is 45.7 Å². The molecule has 0 radical (unpaired) electrons. The number of fused-ring (bicyclic) bond motifs is 1. The average molecular weight is 340 g/mol. The third kappa shape index (κ3) is 2.78. The van der Waals surface area contributed by atoms with Crippen LogP contribution in [-0.4, -0.2) is 35.6 Å². The van der Waals surface area contributed by atoms with Gasteiger partial charge in [0, 0.05) is 49.0 Å². The molecule has 0 amide bonds. The van der Waals surface area contributed by atoms with Crippen LogP contribution in [0.2, 0.25) is 0 Å². The number of H-pyrrole nitrogens is 1. The molecular formula is C18H24N6O. The van der Waals surface area contributed by atoms with Crippen molar-refractivity contribution >= 4 is 5.78 Å². The zero-order valence-corrected chi connectivity index (χ0v) is 15.0. The van der Waals surface area contributed by atoms with E-state index in [-0.39, 0.29) is 11.6 Å². The van der Waals surface area contributed by atoms with Gasteiger partial charge in [-0.1, -0.05) is 6.42 Å². The predicted octanol–water partition coefficient (Wildman–Crippen LogP) is 2.10. The Balaban J connectivity index is 1.69. The van der Waals surface area contributed by atoms with Crippen LogP contribution in [0.15, 0.2) is 23.3 Å². The van der Waals surface area contributed by atoms with Crippen molar-refractivity contribution in [1.29, 1.82) is 0 Å². The van der Waals surface area contributed by atoms with Gasteiger partial charge >= 0.3 is 0 Å². The highest BCUT2D eigenvalue weighted by molar-refractivity contribution is 5.30. The number of aromatic amines is 1. The van der Waals surface area contributed by atoms with Crippen LogP contribution in [0, 0.1) is 13.8 Å². The van der Waals surface area contributed by atoms with Crippen molar-refractivity contribution in [2.24, 2.45) is 7.05 Å². The lowest BCUT2D eigenvalue weighted by Gasteiger charge is -2.35. The van der Waals surface area contributed by atoms with E-state index >= 15 is 0 Å². The van der Waals surface area contributed by atoms with Crippen molar-refractivity contribution in [1.82, 2.24) is 29.0 Å². The molecule has 1 saturated heterocycles. The summed E-state index contributed by atoms with van der Waals surface area (Å²) in [5, 5.41) is 4.54. The molecule has 1 aliphatic heterocycles. The first kappa shape index (κ1) is 16.1. The maximum atomic E-state index is 12.4. The standard InChI is InChI=1S/C18H24N6O/c1-12-14(13(2)22(3)21-12)11-23-8-5-4-6-16(23)15-10-17(25)24-9-7-19-18(24)20-15/h7,9-10,16H,4-6,8,11H2,1-3H3,(H,19,20)/t16-/m0/s1. The second-order valence-electron chi connectivity index (χ2n) is 6.94. The molecule has 1 aliphatic rings. The maximum Gasteiger partial charge on any atom is 0.259 e. The first-order chi connectivity index (χ1) is 12.0. The van der Waals surface area contributed by atoms with Gasteiger partial charge in [0.15, 0.2) is 0 Å². The van der Waals surface area contributed by atoms with Crippen molar-refractivity contribution in [3.05, 3.63) is 51.5 Å². The quantitative estimate of drug-likeness (QED) is 0.793. The molecule has 3 aromatic rings. The van der Waals surface area contributed by atoms with Crippen molar-refractivity contribution in [3.8, 4) is 0 Å². The molecule has 1 fully saturated rings. The Bertz CT molecular complexity index is 966. The van der Waals surface area contributed by atoms with Gasteiger partial charge in [0.1, 0.15) is 0 Å². The third-order valence-electron chi connectivity index (χ3n) is 5.41. The summed E-state index contributed by atoms with van der Waals surface area (Å²) >= 11 is 0. The smallest absolute Gasteiger partial charge is 0.259 e. The highest BCUT2D eigenvalue weighted by Gasteiger charge is 2.27. The molecule has 132 valence electrons. The second-order valence-corrected chi connectivity index (χ2v) is 6.94. The van der Waals surface area contributed by atoms with E-state index in [1.807, 2.05) is 11.7 Å². The van der Waals surface area contributed by atoms with Crippen molar-refractivity contribution < 1.29 is 0 Å². The van der Waals surface area contributed by atoms with Crippen LogP contribution in [0.4, 0.5) is 0 Å². The molecule has 0 aliphatic carbocycles. The van der Waals surface area contributed by atoms with Crippen LogP contribution in [0.3, 0.4) is 0 Å². The van der Waals surface area contributed by atoms with Gasteiger partial charge in [0.05, 0.1) is 11.7 Å². The number of likely N-dealkylation sites (tertiary alicyclic amines) is 1. The number of nitrogens with one attached hydrogen (secondary N) is 1. The minimum Gasteiger partial charge on any atom is -0.327 e. The van der Waals surface area contributed by atoms with E-state index in [1.165, 1.54) is 24.1 Å². The van der Waals surface area contributed by atoms with Crippen LogP contribution in [-0.2, 0) is 13.6 Å². The van der Waals surface area contributed by atoms with E-state index < -0.39 is 0 Å². The number of nitrogens with zero attached hydrogens (tertiary/aromatic N) is 5. The number of piperidine rings is 1. The van der Waals surface area contributed by atoms with Crippen molar-refractivity contribution in [2.75, 3.05) is 6.54 Å². The van der Waals surface area contributed by atoms with E-state index in [0.29, 0.717) is 5.78 Å². The fourth-order valence-electron chi connectivity index (χ4n) is 3.90. The summed E-state index contributed by atoms with van der Waals surface area (Å²) in [5.74, 6) is 0.613. The molecule has 0 unspecified atom stereocenters. The second kappa shape index (κ2) is 6.15. The lowest BCUT2D eigenvalue weighted by Crippen LogP contribution is -2.34. The lowest BCUT2D eigenvalue weighted by atomic mass is 9.98. The van der Waals surface area contributed by atoms with Gasteiger partial charge in [-0.3, -0.25) is 18.8 Å². The molecule has 3 aromatic heterocycles. The molecule has 0 aromatic carbocycles. The normalized spacial score (nSPS) is 18.9. The monoisotopic (exact) mass is 340 g/mol. The van der Waals surface area contributed by atoms with Gasteiger partial charge in [-0.15, -0.1) is 0 Å². The van der Waals surface area contributed by atoms with Crippen LogP contribution in [0.5, 0.6) is 0 Å². The molecule has 7 nitrogen and oxygen atoms in total. The molecule has 1 atom stereocenters. The molecule has 4 heterocycles. The highest BCUT2D eigenvalue weighted by Crippen LogP contribution is 2.31. The Labute approximate surface area is 146 Å². The molecule has 1 N–H and O–H groups in total. The molecule has 0 spiro atoms. The van der Waals surface area contributed by atoms with Gasteiger partial charge in [-0.05, 0) is 33.2 Å². The number of rotatable bonds is 3. The Hall–Kier alpha value is -2.41. The zero-order valence-electron chi connectivity index (χ0n) is 15.0. The summed E-state index contributed by atoms with van der Waals surface area (Å²) in [6.07, 6.45) is 6.75. The fourth-order valence-corrected chi connectivity index (χ4v) is 3.90. The summed E-state index contributed by atoms with van der Waals surface area (Å²) in [5.41, 5.74) is 4.52. The van der Waals surface area contributed by atoms with E-state index in [4.69, 9.17) is 0 Å². The summed E-state index contributed by atoms with van der Waals surface area (Å²) in [7, 11) is 1.99. The first-order valence-corrected chi connectivity index (χ1v) is 8.84. The summed E-state index contributed by atoms with van der Waals surface area (Å²) < 4.78 is 3.49. The van der Waals surface area contributed by atoms with Crippen molar-refractivity contribution in [3.63, 3.8) is 0 Å². The Kier molecular flexibility index (Phi) is 3.95. The summed E-state index contributed by atoms with van der Waals surface area (Å²) in [6.45, 7) is 6.07. The SMILES string of the molecule is Cc1nn(C)c(C)c1CN1CCCC[C@H]1c1cc(=O)n2ccnc2[nH]1. The van der Waals surface area contributed by atoms with Gasteiger partial charge in [-0.2, -0.15) is 5.10 Å². The van der Waals surface area contributed by atoms with Crippen LogP contribution >= 0.6 is 0 Å².